The number of nitrogens with zero attached hydrogens (tertiary/aromatic N) is 1. The van der Waals surface area contributed by atoms with Crippen LogP contribution in [-0.2, 0) is 16.2 Å². The van der Waals surface area contributed by atoms with Crippen LogP contribution in [0, 0.1) is 0 Å². The molecule has 1 aliphatic rings. The average Bonchev–Trinajstić information content (AvgIpc) is 2.46. The molecule has 1 heterocycles. The smallest absolute Gasteiger partial charge is 0.378 e. The van der Waals surface area contributed by atoms with E-state index in [0.717, 1.165) is 12.1 Å². The second-order valence-corrected chi connectivity index (χ2v) is 7.40. The van der Waals surface area contributed by atoms with Gasteiger partial charge in [0, 0.05) is 25.8 Å². The molecule has 130 valence electrons. The van der Waals surface area contributed by atoms with Crippen molar-refractivity contribution < 1.29 is 21.6 Å². The van der Waals surface area contributed by atoms with E-state index in [1.165, 1.54) is 11.0 Å². The average molecular weight is 351 g/mol. The zero-order valence-electron chi connectivity index (χ0n) is 12.9. The minimum Gasteiger partial charge on any atom is -0.378 e. The number of hydrogen-bond donors (Lipinski definition) is 2. The third-order valence-corrected chi connectivity index (χ3v) is 5.31. The first-order chi connectivity index (χ1) is 10.6. The van der Waals surface area contributed by atoms with Gasteiger partial charge in [0.25, 0.3) is 0 Å². The maximum atomic E-state index is 13.3. The number of nitrogens with one attached hydrogen (secondary N) is 2. The lowest BCUT2D eigenvalue weighted by atomic mass is 10.1. The summed E-state index contributed by atoms with van der Waals surface area (Å²) in [5, 5.41) is 3.08. The maximum Gasteiger partial charge on any atom is 0.417 e. The highest BCUT2D eigenvalue weighted by Crippen LogP contribution is 2.36. The molecule has 1 aromatic carbocycles. The molecule has 2 rings (SSSR count). The molecule has 0 aromatic heterocycles. The van der Waals surface area contributed by atoms with Crippen LogP contribution < -0.4 is 14.9 Å². The summed E-state index contributed by atoms with van der Waals surface area (Å²) in [6.07, 6.45) is -3.64. The van der Waals surface area contributed by atoms with Gasteiger partial charge in [-0.3, -0.25) is 0 Å². The number of hydrogen-bond acceptors (Lipinski definition) is 4. The summed E-state index contributed by atoms with van der Waals surface area (Å²) in [4.78, 5) is 0.764. The van der Waals surface area contributed by atoms with E-state index in [4.69, 9.17) is 0 Å². The van der Waals surface area contributed by atoms with Gasteiger partial charge in [0.15, 0.2) is 0 Å². The normalized spacial score (nSPS) is 17.3. The Kier molecular flexibility index (Phi) is 5.22. The van der Waals surface area contributed by atoms with Crippen molar-refractivity contribution in [1.29, 1.82) is 0 Å². The lowest BCUT2D eigenvalue weighted by molar-refractivity contribution is -0.139. The fourth-order valence-electron chi connectivity index (χ4n) is 2.47. The molecule has 0 amide bonds. The van der Waals surface area contributed by atoms with E-state index < -0.39 is 26.7 Å². The molecule has 0 spiro atoms. The lowest BCUT2D eigenvalue weighted by Gasteiger charge is -2.25. The molecule has 0 aliphatic carbocycles. The van der Waals surface area contributed by atoms with Gasteiger partial charge in [-0.25, -0.2) is 13.1 Å². The predicted molar refractivity (Wildman–Crippen MR) is 82.0 cm³/mol. The molecule has 2 N–H and O–H groups in total. The molecule has 0 bridgehead atoms. The molecule has 1 aromatic rings. The Balaban J connectivity index is 2.40. The van der Waals surface area contributed by atoms with Gasteiger partial charge < -0.3 is 10.2 Å². The van der Waals surface area contributed by atoms with Gasteiger partial charge in [-0.2, -0.15) is 13.2 Å². The molecule has 0 saturated carbocycles. The van der Waals surface area contributed by atoms with Crippen molar-refractivity contribution in [2.45, 2.75) is 30.0 Å². The van der Waals surface area contributed by atoms with Gasteiger partial charge in [0.05, 0.1) is 10.5 Å². The van der Waals surface area contributed by atoms with Crippen molar-refractivity contribution in [1.82, 2.24) is 10.0 Å². The zero-order chi connectivity index (χ0) is 17.3. The summed E-state index contributed by atoms with van der Waals surface area (Å²) < 4.78 is 67.0. The zero-order valence-corrected chi connectivity index (χ0v) is 13.8. The summed E-state index contributed by atoms with van der Waals surface area (Å²) in [6.45, 7) is 1.28. The van der Waals surface area contributed by atoms with Gasteiger partial charge in [0.2, 0.25) is 10.0 Å². The number of anilines is 1. The summed E-state index contributed by atoms with van der Waals surface area (Å²) in [5.41, 5.74) is -0.858. The minimum absolute atomic E-state index is 0.290. The SMILES string of the molecule is CN(C)c1ccc(S(=O)(=O)NC2CCNCC2)c(C(F)(F)F)c1. The third kappa shape index (κ3) is 4.36. The van der Waals surface area contributed by atoms with Crippen molar-refractivity contribution in [3.8, 4) is 0 Å². The lowest BCUT2D eigenvalue weighted by Crippen LogP contribution is -2.43. The summed E-state index contributed by atoms with van der Waals surface area (Å²) in [6, 6.07) is 2.89. The summed E-state index contributed by atoms with van der Waals surface area (Å²) >= 11 is 0. The van der Waals surface area contributed by atoms with Gasteiger partial charge in [0.1, 0.15) is 0 Å². The van der Waals surface area contributed by atoms with Crippen molar-refractivity contribution in [3.63, 3.8) is 0 Å². The Morgan fingerprint density at radius 1 is 1.22 bits per heavy atom. The number of piperidine rings is 1. The van der Waals surface area contributed by atoms with E-state index in [9.17, 15) is 21.6 Å². The van der Waals surface area contributed by atoms with Gasteiger partial charge in [-0.05, 0) is 44.1 Å². The molecule has 0 unspecified atom stereocenters. The highest BCUT2D eigenvalue weighted by molar-refractivity contribution is 7.89. The fourth-order valence-corrected chi connectivity index (χ4v) is 3.99. The molecule has 1 fully saturated rings. The van der Waals surface area contributed by atoms with Crippen LogP contribution in [0.3, 0.4) is 0 Å². The van der Waals surface area contributed by atoms with E-state index in [2.05, 4.69) is 10.0 Å². The van der Waals surface area contributed by atoms with Crippen LogP contribution in [-0.4, -0.2) is 41.6 Å². The molecule has 5 nitrogen and oxygen atoms in total. The van der Waals surface area contributed by atoms with Crippen LogP contribution in [0.2, 0.25) is 0 Å². The van der Waals surface area contributed by atoms with E-state index >= 15 is 0 Å². The molecule has 23 heavy (non-hydrogen) atoms. The minimum atomic E-state index is -4.75. The largest absolute Gasteiger partial charge is 0.417 e. The molecular formula is C14H20F3N3O2S. The van der Waals surface area contributed by atoms with Gasteiger partial charge >= 0.3 is 6.18 Å². The molecule has 1 saturated heterocycles. The molecule has 9 heteroatoms. The standard InChI is InChI=1S/C14H20F3N3O2S/c1-20(2)11-3-4-13(12(9-11)14(15,16)17)23(21,22)19-10-5-7-18-8-6-10/h3-4,9-10,18-19H,5-8H2,1-2H3. The van der Waals surface area contributed by atoms with E-state index in [0.29, 0.717) is 25.9 Å². The van der Waals surface area contributed by atoms with Gasteiger partial charge in [-0.15, -0.1) is 0 Å². The van der Waals surface area contributed by atoms with Crippen LogP contribution in [0.1, 0.15) is 18.4 Å². The fraction of sp³-hybridized carbons (Fsp3) is 0.571. The molecule has 0 atom stereocenters. The quantitative estimate of drug-likeness (QED) is 0.868. The number of benzene rings is 1. The van der Waals surface area contributed by atoms with Crippen LogP contribution in [0.25, 0.3) is 0 Å². The van der Waals surface area contributed by atoms with Crippen LogP contribution in [0.15, 0.2) is 23.1 Å². The highest BCUT2D eigenvalue weighted by atomic mass is 32.2. The Labute approximate surface area is 133 Å². The molecule has 0 radical (unpaired) electrons. The number of sulfonamides is 1. The third-order valence-electron chi connectivity index (χ3n) is 3.74. The first kappa shape index (κ1) is 18.0. The van der Waals surface area contributed by atoms with Crippen LogP contribution >= 0.6 is 0 Å². The van der Waals surface area contributed by atoms with E-state index in [1.54, 1.807) is 14.1 Å². The van der Waals surface area contributed by atoms with Crippen molar-refractivity contribution >= 4 is 15.7 Å². The van der Waals surface area contributed by atoms with Gasteiger partial charge in [-0.1, -0.05) is 0 Å². The Morgan fingerprint density at radius 2 is 1.83 bits per heavy atom. The first-order valence-electron chi connectivity index (χ1n) is 7.23. The highest BCUT2D eigenvalue weighted by Gasteiger charge is 2.38. The molecular weight excluding hydrogens is 331 g/mol. The van der Waals surface area contributed by atoms with Crippen LogP contribution in [0.4, 0.5) is 18.9 Å². The van der Waals surface area contributed by atoms with E-state index in [-0.39, 0.29) is 11.7 Å². The Hall–Kier alpha value is -1.32. The van der Waals surface area contributed by atoms with Crippen molar-refractivity contribution in [3.05, 3.63) is 23.8 Å². The number of halogens is 3. The first-order valence-corrected chi connectivity index (χ1v) is 8.71. The number of rotatable bonds is 4. The molecule has 1 aliphatic heterocycles. The monoisotopic (exact) mass is 351 g/mol. The Morgan fingerprint density at radius 3 is 2.35 bits per heavy atom. The summed E-state index contributed by atoms with van der Waals surface area (Å²) in [5.74, 6) is 0. The summed E-state index contributed by atoms with van der Waals surface area (Å²) in [7, 11) is -1.04. The van der Waals surface area contributed by atoms with Crippen molar-refractivity contribution in [2.75, 3.05) is 32.1 Å². The predicted octanol–water partition coefficient (Wildman–Crippen LogP) is 1.80. The second kappa shape index (κ2) is 6.66. The van der Waals surface area contributed by atoms with E-state index in [1.807, 2.05) is 0 Å². The maximum absolute atomic E-state index is 13.3. The second-order valence-electron chi connectivity index (χ2n) is 5.72. The van der Waals surface area contributed by atoms with Crippen LogP contribution in [0.5, 0.6) is 0 Å². The topological polar surface area (TPSA) is 61.4 Å². The van der Waals surface area contributed by atoms with Crippen molar-refractivity contribution in [2.24, 2.45) is 0 Å². The Bertz CT molecular complexity index is 654. The number of alkyl halides is 3.